The molecular formula is C6H12O6S2. The fourth-order valence-corrected chi connectivity index (χ4v) is 3.46. The summed E-state index contributed by atoms with van der Waals surface area (Å²) in [5.41, 5.74) is 0. The number of hydrogen-bond donors (Lipinski definition) is 0. The van der Waals surface area contributed by atoms with Gasteiger partial charge in [-0.1, -0.05) is 0 Å². The van der Waals surface area contributed by atoms with Gasteiger partial charge in [0, 0.05) is 0 Å². The van der Waals surface area contributed by atoms with Crippen molar-refractivity contribution in [2.75, 3.05) is 13.2 Å². The van der Waals surface area contributed by atoms with Crippen molar-refractivity contribution in [2.24, 2.45) is 0 Å². The molecule has 1 aliphatic heterocycles. The van der Waals surface area contributed by atoms with Gasteiger partial charge in [0.05, 0.1) is 13.2 Å². The first-order valence-electron chi connectivity index (χ1n) is 4.13. The molecule has 14 heavy (non-hydrogen) atoms. The Balaban J connectivity index is 3.01. The van der Waals surface area contributed by atoms with E-state index in [-0.39, 0.29) is 13.2 Å². The zero-order valence-electron chi connectivity index (χ0n) is 7.67. The largest absolute Gasteiger partial charge is 0.287 e. The smallest absolute Gasteiger partial charge is 0.269 e. The van der Waals surface area contributed by atoms with Crippen LogP contribution in [0.4, 0.5) is 0 Å². The second kappa shape index (κ2) is 4.13. The summed E-state index contributed by atoms with van der Waals surface area (Å²) in [6.07, 6.45) is 0.920. The highest BCUT2D eigenvalue weighted by Gasteiger charge is 2.36. The molecule has 8 heteroatoms. The van der Waals surface area contributed by atoms with E-state index in [4.69, 9.17) is 0 Å². The normalized spacial score (nSPS) is 28.6. The molecule has 0 unspecified atom stereocenters. The lowest BCUT2D eigenvalue weighted by atomic mass is 10.3. The maximum absolute atomic E-state index is 11.2. The Morgan fingerprint density at radius 3 is 1.64 bits per heavy atom. The molecule has 6 nitrogen and oxygen atoms in total. The maximum Gasteiger partial charge on any atom is 0.287 e. The van der Waals surface area contributed by atoms with Crippen molar-refractivity contribution >= 4 is 20.2 Å². The third kappa shape index (κ3) is 2.66. The summed E-state index contributed by atoms with van der Waals surface area (Å²) in [5, 5.41) is 0. The minimum atomic E-state index is -4.07. The van der Waals surface area contributed by atoms with Gasteiger partial charge in [-0.3, -0.25) is 8.37 Å². The summed E-state index contributed by atoms with van der Waals surface area (Å²) in [5.74, 6) is 0. The van der Waals surface area contributed by atoms with Gasteiger partial charge in [-0.15, -0.1) is 0 Å². The molecule has 0 bridgehead atoms. The second-order valence-electron chi connectivity index (χ2n) is 2.90. The lowest BCUT2D eigenvalue weighted by molar-refractivity contribution is 0.283. The summed E-state index contributed by atoms with van der Waals surface area (Å²) in [6, 6.07) is 0. The number of rotatable bonds is 0. The van der Waals surface area contributed by atoms with Crippen LogP contribution < -0.4 is 0 Å². The van der Waals surface area contributed by atoms with E-state index in [2.05, 4.69) is 8.37 Å². The highest BCUT2D eigenvalue weighted by atomic mass is 32.3. The molecular weight excluding hydrogens is 232 g/mol. The Kier molecular flexibility index (Phi) is 3.51. The average Bonchev–Trinajstić information content (AvgIpc) is 2.11. The quantitative estimate of drug-likeness (QED) is 0.549. The van der Waals surface area contributed by atoms with Crippen molar-refractivity contribution in [3.63, 3.8) is 0 Å². The molecule has 0 radical (unpaired) electrons. The van der Waals surface area contributed by atoms with Crippen molar-refractivity contribution in [3.8, 4) is 0 Å². The first-order chi connectivity index (χ1) is 6.36. The molecule has 0 amide bonds. The lowest BCUT2D eigenvalue weighted by Gasteiger charge is -2.10. The molecule has 0 atom stereocenters. The van der Waals surface area contributed by atoms with Crippen LogP contribution in [0, 0.1) is 0 Å². The Bertz CT molecular complexity index is 343. The van der Waals surface area contributed by atoms with E-state index < -0.39 is 24.8 Å². The molecule has 0 aromatic rings. The predicted octanol–water partition coefficient (Wildman–Crippen LogP) is -0.181. The fraction of sp³-hybridized carbons (Fsp3) is 1.00. The molecule has 0 saturated carbocycles. The van der Waals surface area contributed by atoms with Gasteiger partial charge < -0.3 is 0 Å². The van der Waals surface area contributed by atoms with Crippen LogP contribution in [0.1, 0.15) is 19.8 Å². The SMILES string of the molecule is CC1S(=O)(=O)OCCCCOS1(=O)=O. The zero-order valence-corrected chi connectivity index (χ0v) is 9.30. The van der Waals surface area contributed by atoms with Crippen molar-refractivity contribution < 1.29 is 25.2 Å². The monoisotopic (exact) mass is 244 g/mol. The highest BCUT2D eigenvalue weighted by Crippen LogP contribution is 2.16. The minimum absolute atomic E-state index is 0.00551. The molecule has 0 aliphatic carbocycles. The molecule has 0 aromatic carbocycles. The molecule has 1 fully saturated rings. The first-order valence-corrected chi connectivity index (χ1v) is 7.07. The summed E-state index contributed by atoms with van der Waals surface area (Å²) in [4.78, 5) is 0. The fourth-order valence-electron chi connectivity index (χ4n) is 0.890. The van der Waals surface area contributed by atoms with Gasteiger partial charge in [-0.2, -0.15) is 16.8 Å². The Morgan fingerprint density at radius 2 is 1.29 bits per heavy atom. The first kappa shape index (κ1) is 11.9. The van der Waals surface area contributed by atoms with Crippen molar-refractivity contribution in [1.82, 2.24) is 0 Å². The maximum atomic E-state index is 11.2. The van der Waals surface area contributed by atoms with E-state index in [0.717, 1.165) is 6.92 Å². The average molecular weight is 244 g/mol. The summed E-state index contributed by atoms with van der Waals surface area (Å²) in [7, 11) is -8.13. The van der Waals surface area contributed by atoms with E-state index in [1.807, 2.05) is 0 Å². The van der Waals surface area contributed by atoms with Gasteiger partial charge in [0.25, 0.3) is 20.2 Å². The zero-order chi connectivity index (χ0) is 10.8. The molecule has 0 spiro atoms. The molecule has 1 aliphatic rings. The molecule has 84 valence electrons. The van der Waals surface area contributed by atoms with E-state index >= 15 is 0 Å². The van der Waals surface area contributed by atoms with Gasteiger partial charge in [-0.05, 0) is 19.8 Å². The van der Waals surface area contributed by atoms with Crippen LogP contribution in [0.2, 0.25) is 0 Å². The summed E-state index contributed by atoms with van der Waals surface area (Å²) >= 11 is 0. The van der Waals surface area contributed by atoms with Crippen molar-refractivity contribution in [2.45, 2.75) is 24.3 Å². The van der Waals surface area contributed by atoms with Crippen molar-refractivity contribution in [1.29, 1.82) is 0 Å². The Morgan fingerprint density at radius 1 is 0.929 bits per heavy atom. The van der Waals surface area contributed by atoms with Gasteiger partial charge in [0.1, 0.15) is 0 Å². The van der Waals surface area contributed by atoms with Crippen molar-refractivity contribution in [3.05, 3.63) is 0 Å². The Hall–Kier alpha value is -0.180. The molecule has 1 saturated heterocycles. The molecule has 0 aromatic heterocycles. The van der Waals surface area contributed by atoms with E-state index in [9.17, 15) is 16.8 Å². The minimum Gasteiger partial charge on any atom is -0.269 e. The van der Waals surface area contributed by atoms with Crippen LogP contribution in [0.3, 0.4) is 0 Å². The van der Waals surface area contributed by atoms with Crippen LogP contribution in [-0.2, 0) is 28.6 Å². The predicted molar refractivity (Wildman–Crippen MR) is 48.4 cm³/mol. The van der Waals surface area contributed by atoms with Gasteiger partial charge >= 0.3 is 0 Å². The topological polar surface area (TPSA) is 86.7 Å². The summed E-state index contributed by atoms with van der Waals surface area (Å²) in [6.45, 7) is 1.05. The lowest BCUT2D eigenvalue weighted by Crippen LogP contribution is -2.30. The second-order valence-corrected chi connectivity index (χ2v) is 7.06. The molecule has 0 N–H and O–H groups in total. The summed E-state index contributed by atoms with van der Waals surface area (Å²) < 4.78 is 52.3. The molecule has 1 heterocycles. The van der Waals surface area contributed by atoms with Crippen LogP contribution >= 0.6 is 0 Å². The van der Waals surface area contributed by atoms with Gasteiger partial charge in [-0.25, -0.2) is 0 Å². The third-order valence-electron chi connectivity index (χ3n) is 1.85. The van der Waals surface area contributed by atoms with Gasteiger partial charge in [0.2, 0.25) is 4.58 Å². The highest BCUT2D eigenvalue weighted by molar-refractivity contribution is 8.04. The van der Waals surface area contributed by atoms with Crippen LogP contribution in [0.15, 0.2) is 0 Å². The number of hydrogen-bond acceptors (Lipinski definition) is 6. The van der Waals surface area contributed by atoms with Crippen LogP contribution in [0.25, 0.3) is 0 Å². The van der Waals surface area contributed by atoms with Crippen LogP contribution in [0.5, 0.6) is 0 Å². The van der Waals surface area contributed by atoms with E-state index in [0.29, 0.717) is 12.8 Å². The standard InChI is InChI=1S/C6H12O6S2/c1-6-13(7,8)11-4-2-3-5-12-14(6,9)10/h6H,2-5H2,1H3. The molecule has 1 rings (SSSR count). The van der Waals surface area contributed by atoms with E-state index in [1.165, 1.54) is 0 Å². The van der Waals surface area contributed by atoms with Crippen LogP contribution in [-0.4, -0.2) is 34.6 Å². The third-order valence-corrected chi connectivity index (χ3v) is 5.88. The van der Waals surface area contributed by atoms with Gasteiger partial charge in [0.15, 0.2) is 0 Å². The Labute approximate surface area is 83.5 Å². The van der Waals surface area contributed by atoms with E-state index in [1.54, 1.807) is 0 Å².